The number of anilines is 1. The quantitative estimate of drug-likeness (QED) is 0.366. The molecule has 1 N–H and O–H groups in total. The Morgan fingerprint density at radius 2 is 1.84 bits per heavy atom. The van der Waals surface area contributed by atoms with Crippen LogP contribution >= 0.6 is 11.6 Å². The molecule has 1 aliphatic heterocycles. The third-order valence-corrected chi connectivity index (χ3v) is 7.36. The topological polar surface area (TPSA) is 73.2 Å². The Balaban J connectivity index is 1.73. The van der Waals surface area contributed by atoms with E-state index in [-0.39, 0.29) is 21.9 Å². The van der Waals surface area contributed by atoms with Gasteiger partial charge in [-0.15, -0.1) is 0 Å². The number of nitrogens with one attached hydrogen (secondary N) is 1. The van der Waals surface area contributed by atoms with E-state index in [1.807, 2.05) is 13.8 Å². The molecule has 198 valence electrons. The number of nitrogens with zero attached hydrogens (tertiary/aromatic N) is 2. The summed E-state index contributed by atoms with van der Waals surface area (Å²) in [4.78, 5) is 25.5. The Kier molecular flexibility index (Phi) is 6.17. The van der Waals surface area contributed by atoms with Crippen LogP contribution in [-0.4, -0.2) is 28.6 Å². The van der Waals surface area contributed by atoms with Gasteiger partial charge in [0.05, 0.1) is 34.6 Å². The van der Waals surface area contributed by atoms with Crippen molar-refractivity contribution >= 4 is 29.2 Å². The third-order valence-electron chi connectivity index (χ3n) is 7.04. The minimum absolute atomic E-state index is 0.0132. The molecule has 2 aromatic carbocycles. The van der Waals surface area contributed by atoms with Gasteiger partial charge in [-0.25, -0.2) is 9.48 Å². The molecule has 1 unspecified atom stereocenters. The Bertz CT molecular complexity index is 1500. The highest BCUT2D eigenvalue weighted by atomic mass is 35.5. The van der Waals surface area contributed by atoms with Crippen molar-refractivity contribution in [3.8, 4) is 5.69 Å². The van der Waals surface area contributed by atoms with Crippen LogP contribution in [0.3, 0.4) is 0 Å². The van der Waals surface area contributed by atoms with Gasteiger partial charge in [0.1, 0.15) is 5.82 Å². The number of hydrogen-bond donors (Lipinski definition) is 1. The summed E-state index contributed by atoms with van der Waals surface area (Å²) in [6, 6.07) is 9.88. The molecule has 0 bridgehead atoms. The molecule has 6 nitrogen and oxygen atoms in total. The van der Waals surface area contributed by atoms with Crippen LogP contribution in [0.5, 0.6) is 0 Å². The van der Waals surface area contributed by atoms with Crippen molar-refractivity contribution in [3.05, 3.63) is 86.7 Å². The number of carbonyl (C=O) groups is 2. The van der Waals surface area contributed by atoms with Crippen molar-refractivity contribution in [1.29, 1.82) is 0 Å². The number of aryl methyl sites for hydroxylation is 1. The maximum absolute atomic E-state index is 13.5. The number of benzene rings is 2. The van der Waals surface area contributed by atoms with Crippen LogP contribution in [0.1, 0.15) is 65.3 Å². The predicted molar refractivity (Wildman–Crippen MR) is 137 cm³/mol. The van der Waals surface area contributed by atoms with Crippen molar-refractivity contribution in [3.63, 3.8) is 0 Å². The molecule has 0 fully saturated rings. The maximum atomic E-state index is 13.5. The highest BCUT2D eigenvalue weighted by Gasteiger charge is 2.43. The smallest absolute Gasteiger partial charge is 0.416 e. The molecule has 1 aromatic heterocycles. The lowest BCUT2D eigenvalue weighted by atomic mass is 9.69. The van der Waals surface area contributed by atoms with Crippen LogP contribution in [0.2, 0.25) is 5.02 Å². The van der Waals surface area contributed by atoms with E-state index >= 15 is 0 Å². The van der Waals surface area contributed by atoms with E-state index in [4.69, 9.17) is 16.3 Å². The Hall–Kier alpha value is -3.59. The largest absolute Gasteiger partial charge is 0.465 e. The number of methoxy groups -OCH3 is 1. The first-order valence-corrected chi connectivity index (χ1v) is 12.4. The number of carbonyl (C=O) groups excluding carboxylic acids is 2. The van der Waals surface area contributed by atoms with E-state index in [1.165, 1.54) is 17.9 Å². The summed E-state index contributed by atoms with van der Waals surface area (Å²) in [5.41, 5.74) is 2.52. The first-order chi connectivity index (χ1) is 17.8. The number of rotatable bonds is 3. The lowest BCUT2D eigenvalue weighted by Gasteiger charge is -2.38. The molecule has 0 radical (unpaired) electrons. The molecule has 0 spiro atoms. The summed E-state index contributed by atoms with van der Waals surface area (Å²) < 4.78 is 46.8. The molecule has 2 heterocycles. The number of alkyl halides is 3. The van der Waals surface area contributed by atoms with E-state index in [0.717, 1.165) is 17.7 Å². The van der Waals surface area contributed by atoms with Crippen LogP contribution in [0.25, 0.3) is 5.69 Å². The average molecular weight is 544 g/mol. The van der Waals surface area contributed by atoms with E-state index in [1.54, 1.807) is 31.2 Å². The molecule has 5 rings (SSSR count). The van der Waals surface area contributed by atoms with E-state index in [9.17, 15) is 22.8 Å². The Morgan fingerprint density at radius 1 is 1.16 bits per heavy atom. The van der Waals surface area contributed by atoms with Crippen molar-refractivity contribution in [2.45, 2.75) is 45.7 Å². The van der Waals surface area contributed by atoms with Crippen molar-refractivity contribution in [2.75, 3.05) is 12.4 Å². The Labute approximate surface area is 222 Å². The average Bonchev–Trinajstić information content (AvgIpc) is 3.16. The lowest BCUT2D eigenvalue weighted by molar-refractivity contribution is -0.137. The molecule has 3 aromatic rings. The van der Waals surface area contributed by atoms with Crippen molar-refractivity contribution in [2.24, 2.45) is 5.41 Å². The van der Waals surface area contributed by atoms with Crippen molar-refractivity contribution < 1.29 is 27.5 Å². The summed E-state index contributed by atoms with van der Waals surface area (Å²) in [5.74, 6) is -0.577. The number of ether oxygens (including phenoxy) is 1. The number of hydrogen-bond acceptors (Lipinski definition) is 5. The van der Waals surface area contributed by atoms with Gasteiger partial charge < -0.3 is 10.1 Å². The van der Waals surface area contributed by atoms with Crippen LogP contribution in [0.15, 0.2) is 53.7 Å². The highest BCUT2D eigenvalue weighted by molar-refractivity contribution is 6.32. The fourth-order valence-corrected chi connectivity index (χ4v) is 5.56. The first-order valence-electron chi connectivity index (χ1n) is 12.0. The number of halogens is 4. The van der Waals surface area contributed by atoms with Crippen molar-refractivity contribution in [1.82, 2.24) is 9.78 Å². The second-order valence-corrected chi connectivity index (χ2v) is 10.8. The molecular formula is C28H25ClF3N3O3. The zero-order chi connectivity index (χ0) is 27.6. The van der Waals surface area contributed by atoms with Gasteiger partial charge in [-0.2, -0.15) is 18.3 Å². The fraction of sp³-hybridized carbons (Fsp3) is 0.321. The summed E-state index contributed by atoms with van der Waals surface area (Å²) in [7, 11) is 1.30. The number of aromatic nitrogens is 2. The van der Waals surface area contributed by atoms with Gasteiger partial charge in [0.15, 0.2) is 5.78 Å². The maximum Gasteiger partial charge on any atom is 0.416 e. The van der Waals surface area contributed by atoms with E-state index in [2.05, 4.69) is 10.4 Å². The normalized spacial score (nSPS) is 18.5. The van der Waals surface area contributed by atoms with Crippen LogP contribution in [0.4, 0.5) is 19.0 Å². The molecule has 1 aliphatic carbocycles. The number of Topliss-reactive ketones (excluding diaryl/α,β-unsaturated/α-hetero) is 1. The monoisotopic (exact) mass is 543 g/mol. The summed E-state index contributed by atoms with van der Waals surface area (Å²) in [6.07, 6.45) is -3.65. The molecule has 2 aliphatic rings. The molecule has 10 heteroatoms. The van der Waals surface area contributed by atoms with Gasteiger partial charge in [0.25, 0.3) is 0 Å². The van der Waals surface area contributed by atoms with Crippen LogP contribution in [-0.2, 0) is 15.7 Å². The molecule has 1 atom stereocenters. The van der Waals surface area contributed by atoms with Gasteiger partial charge in [-0.3, -0.25) is 4.79 Å². The van der Waals surface area contributed by atoms with Gasteiger partial charge in [0, 0.05) is 29.2 Å². The third kappa shape index (κ3) is 4.38. The molecule has 38 heavy (non-hydrogen) atoms. The predicted octanol–water partition coefficient (Wildman–Crippen LogP) is 6.84. The molecular weight excluding hydrogens is 519 g/mol. The summed E-state index contributed by atoms with van der Waals surface area (Å²) in [6.45, 7) is 5.74. The first kappa shape index (κ1) is 26.0. The standard InChI is InChI=1S/C28H25ClF3N3O3/c1-14-22-23(15-5-7-16(8-6-15)26(37)38-4)24-19(12-27(2,3)13-21(24)36)33-25(22)35(34-14)20-11-17(28(30,31)32)9-10-18(20)29/h5-11,23,33H,12-13H2,1-4H3. The van der Waals surface area contributed by atoms with Gasteiger partial charge in [0.2, 0.25) is 0 Å². The second-order valence-electron chi connectivity index (χ2n) is 10.4. The second kappa shape index (κ2) is 9.01. The molecule has 0 amide bonds. The SMILES string of the molecule is COC(=O)c1ccc(C2C3=C(CC(C)(C)CC3=O)Nc3c2c(C)nn3-c2cc(C(F)(F)F)ccc2Cl)cc1. The zero-order valence-corrected chi connectivity index (χ0v) is 21.9. The fourth-order valence-electron chi connectivity index (χ4n) is 5.36. The van der Waals surface area contributed by atoms with E-state index in [0.29, 0.717) is 46.8 Å². The highest BCUT2D eigenvalue weighted by Crippen LogP contribution is 2.50. The van der Waals surface area contributed by atoms with Crippen LogP contribution in [0, 0.1) is 12.3 Å². The van der Waals surface area contributed by atoms with Gasteiger partial charge in [-0.1, -0.05) is 37.6 Å². The number of esters is 1. The molecule has 0 saturated heterocycles. The number of allylic oxidation sites excluding steroid dienone is 2. The zero-order valence-electron chi connectivity index (χ0n) is 21.2. The minimum atomic E-state index is -4.56. The van der Waals surface area contributed by atoms with E-state index < -0.39 is 23.6 Å². The van der Waals surface area contributed by atoms with Crippen LogP contribution < -0.4 is 5.32 Å². The minimum Gasteiger partial charge on any atom is -0.465 e. The number of fused-ring (bicyclic) bond motifs is 1. The number of ketones is 1. The van der Waals surface area contributed by atoms with Gasteiger partial charge >= 0.3 is 12.1 Å². The summed E-state index contributed by atoms with van der Waals surface area (Å²) >= 11 is 6.39. The Morgan fingerprint density at radius 3 is 2.47 bits per heavy atom. The van der Waals surface area contributed by atoms with Gasteiger partial charge in [-0.05, 0) is 54.7 Å². The molecule has 0 saturated carbocycles. The lowest BCUT2D eigenvalue weighted by Crippen LogP contribution is -2.34. The summed E-state index contributed by atoms with van der Waals surface area (Å²) in [5, 5.41) is 8.03.